The van der Waals surface area contributed by atoms with Gasteiger partial charge in [-0.25, -0.2) is 0 Å². The van der Waals surface area contributed by atoms with Crippen molar-refractivity contribution in [2.45, 2.75) is 6.42 Å². The molecule has 0 saturated heterocycles. The molecule has 1 aliphatic heterocycles. The summed E-state index contributed by atoms with van der Waals surface area (Å²) < 4.78 is 0. The van der Waals surface area contributed by atoms with Crippen molar-refractivity contribution in [3.63, 3.8) is 0 Å². The molecule has 4 rings (SSSR count). The molecule has 0 saturated carbocycles. The SMILES string of the molecule is C1=CC(Cc2cccc3ccccc23)C=C2N=NN=C12. The number of hydrogen-bond acceptors (Lipinski definition) is 3. The fraction of sp³-hybridized carbons (Fsp3) is 0.118. The quantitative estimate of drug-likeness (QED) is 0.772. The molecule has 0 aromatic heterocycles. The summed E-state index contributed by atoms with van der Waals surface area (Å²) in [6.07, 6.45) is 7.33. The zero-order valence-corrected chi connectivity index (χ0v) is 10.9. The van der Waals surface area contributed by atoms with E-state index in [9.17, 15) is 0 Å². The van der Waals surface area contributed by atoms with Crippen LogP contribution in [0.1, 0.15) is 5.56 Å². The minimum Gasteiger partial charge on any atom is -0.129 e. The maximum absolute atomic E-state index is 4.04. The van der Waals surface area contributed by atoms with Gasteiger partial charge in [0.2, 0.25) is 0 Å². The van der Waals surface area contributed by atoms with Crippen molar-refractivity contribution in [3.8, 4) is 0 Å². The second kappa shape index (κ2) is 4.53. The Hall–Kier alpha value is -2.55. The maximum Gasteiger partial charge on any atom is 0.114 e. The van der Waals surface area contributed by atoms with Gasteiger partial charge in [0.15, 0.2) is 0 Å². The molecule has 0 radical (unpaired) electrons. The Morgan fingerprint density at radius 1 is 1.00 bits per heavy atom. The van der Waals surface area contributed by atoms with Gasteiger partial charge in [-0.2, -0.15) is 0 Å². The molecule has 0 spiro atoms. The summed E-state index contributed by atoms with van der Waals surface area (Å²) in [6.45, 7) is 0. The lowest BCUT2D eigenvalue weighted by molar-refractivity contribution is 0.800. The fourth-order valence-electron chi connectivity index (χ4n) is 2.78. The molecular weight excluding hydrogens is 246 g/mol. The fourth-order valence-corrected chi connectivity index (χ4v) is 2.78. The van der Waals surface area contributed by atoms with Crippen LogP contribution in [0.4, 0.5) is 0 Å². The van der Waals surface area contributed by atoms with Gasteiger partial charge >= 0.3 is 0 Å². The first-order valence-electron chi connectivity index (χ1n) is 6.76. The van der Waals surface area contributed by atoms with Gasteiger partial charge in [0, 0.05) is 5.92 Å². The van der Waals surface area contributed by atoms with Gasteiger partial charge in [-0.3, -0.25) is 0 Å². The molecule has 0 amide bonds. The number of allylic oxidation sites excluding steroid dienone is 3. The van der Waals surface area contributed by atoms with Gasteiger partial charge in [-0.1, -0.05) is 48.5 Å². The number of hydrogen-bond donors (Lipinski definition) is 0. The molecule has 0 N–H and O–H groups in total. The predicted molar refractivity (Wildman–Crippen MR) is 80.7 cm³/mol. The molecule has 0 fully saturated rings. The molecule has 2 aromatic rings. The largest absolute Gasteiger partial charge is 0.129 e. The van der Waals surface area contributed by atoms with Gasteiger partial charge < -0.3 is 0 Å². The normalized spacial score (nSPS) is 19.9. The lowest BCUT2D eigenvalue weighted by atomic mass is 9.91. The van der Waals surface area contributed by atoms with Crippen molar-refractivity contribution < 1.29 is 0 Å². The van der Waals surface area contributed by atoms with Crippen molar-refractivity contribution >= 4 is 16.5 Å². The Balaban J connectivity index is 1.69. The van der Waals surface area contributed by atoms with E-state index in [-0.39, 0.29) is 0 Å². The first-order valence-corrected chi connectivity index (χ1v) is 6.76. The number of rotatable bonds is 2. The van der Waals surface area contributed by atoms with Crippen LogP contribution in [0, 0.1) is 5.92 Å². The Bertz CT molecular complexity index is 791. The highest BCUT2D eigenvalue weighted by Gasteiger charge is 2.17. The van der Waals surface area contributed by atoms with Crippen LogP contribution in [0.3, 0.4) is 0 Å². The number of benzene rings is 2. The van der Waals surface area contributed by atoms with Crippen LogP contribution >= 0.6 is 0 Å². The first kappa shape index (κ1) is 11.3. The summed E-state index contributed by atoms with van der Waals surface area (Å²) in [5, 5.41) is 14.3. The molecule has 1 atom stereocenters. The van der Waals surface area contributed by atoms with Crippen LogP contribution in [0.15, 0.2) is 81.8 Å². The summed E-state index contributed by atoms with van der Waals surface area (Å²) in [5.74, 6) is 0.354. The lowest BCUT2D eigenvalue weighted by Crippen LogP contribution is -2.07. The van der Waals surface area contributed by atoms with Gasteiger partial charge in [-0.15, -0.1) is 10.2 Å². The van der Waals surface area contributed by atoms with E-state index in [1.165, 1.54) is 16.3 Å². The molecule has 1 heterocycles. The minimum absolute atomic E-state index is 0.354. The highest BCUT2D eigenvalue weighted by atomic mass is 15.4. The van der Waals surface area contributed by atoms with Crippen molar-refractivity contribution in [3.05, 3.63) is 72.0 Å². The number of fused-ring (bicyclic) bond motifs is 2. The lowest BCUT2D eigenvalue weighted by Gasteiger charge is -2.14. The molecule has 96 valence electrons. The molecule has 3 nitrogen and oxygen atoms in total. The van der Waals surface area contributed by atoms with E-state index in [1.807, 2.05) is 6.08 Å². The van der Waals surface area contributed by atoms with Crippen LogP contribution in [0.2, 0.25) is 0 Å². The monoisotopic (exact) mass is 259 g/mol. The van der Waals surface area contributed by atoms with Gasteiger partial charge in [0.05, 0.1) is 0 Å². The first-order chi connectivity index (χ1) is 9.90. The molecule has 2 aliphatic rings. The molecule has 20 heavy (non-hydrogen) atoms. The summed E-state index contributed by atoms with van der Waals surface area (Å²) in [5.41, 5.74) is 3.14. The molecule has 1 unspecified atom stereocenters. The summed E-state index contributed by atoms with van der Waals surface area (Å²) >= 11 is 0. The van der Waals surface area contributed by atoms with Crippen LogP contribution in [-0.2, 0) is 6.42 Å². The minimum atomic E-state index is 0.354. The third-order valence-corrected chi connectivity index (χ3v) is 3.78. The van der Waals surface area contributed by atoms with E-state index in [2.05, 4.69) is 70.1 Å². The average Bonchev–Trinajstić information content (AvgIpc) is 2.95. The van der Waals surface area contributed by atoms with Crippen LogP contribution in [0.5, 0.6) is 0 Å². The van der Waals surface area contributed by atoms with Gasteiger partial charge in [-0.05, 0) is 40.1 Å². The van der Waals surface area contributed by atoms with Crippen molar-refractivity contribution in [1.29, 1.82) is 0 Å². The average molecular weight is 259 g/mol. The van der Waals surface area contributed by atoms with E-state index < -0.39 is 0 Å². The Labute approximate surface area is 117 Å². The molecule has 0 bridgehead atoms. The topological polar surface area (TPSA) is 37.1 Å². The standard InChI is InChI=1S/C17H13N3/c1-2-7-15-13(4-1)5-3-6-14(15)10-12-8-9-16-17(11-12)19-20-18-16/h1-9,11-12H,10H2. The number of nitrogens with zero attached hydrogens (tertiary/aromatic N) is 3. The Morgan fingerprint density at radius 2 is 1.90 bits per heavy atom. The van der Waals surface area contributed by atoms with Crippen LogP contribution in [0.25, 0.3) is 10.8 Å². The molecule has 3 heteroatoms. The molecule has 2 aromatic carbocycles. The highest BCUT2D eigenvalue weighted by molar-refractivity contribution is 6.09. The zero-order chi connectivity index (χ0) is 13.4. The van der Waals surface area contributed by atoms with Crippen LogP contribution in [-0.4, -0.2) is 5.71 Å². The van der Waals surface area contributed by atoms with Crippen molar-refractivity contribution in [1.82, 2.24) is 0 Å². The smallest absolute Gasteiger partial charge is 0.114 e. The third kappa shape index (κ3) is 1.88. The Kier molecular flexibility index (Phi) is 2.56. The zero-order valence-electron chi connectivity index (χ0n) is 10.9. The van der Waals surface area contributed by atoms with Gasteiger partial charge in [0.1, 0.15) is 11.4 Å². The predicted octanol–water partition coefficient (Wildman–Crippen LogP) is 4.27. The molecule has 1 aliphatic carbocycles. The van der Waals surface area contributed by atoms with E-state index >= 15 is 0 Å². The second-order valence-electron chi connectivity index (χ2n) is 5.09. The van der Waals surface area contributed by atoms with Gasteiger partial charge in [0.25, 0.3) is 0 Å². The van der Waals surface area contributed by atoms with E-state index in [4.69, 9.17) is 0 Å². The highest BCUT2D eigenvalue weighted by Crippen LogP contribution is 2.26. The van der Waals surface area contributed by atoms with E-state index in [1.54, 1.807) is 0 Å². The second-order valence-corrected chi connectivity index (χ2v) is 5.09. The van der Waals surface area contributed by atoms with E-state index in [0.717, 1.165) is 17.8 Å². The Morgan fingerprint density at radius 3 is 2.90 bits per heavy atom. The summed E-state index contributed by atoms with van der Waals surface area (Å²) in [6, 6.07) is 15.0. The maximum atomic E-state index is 4.04. The van der Waals surface area contributed by atoms with Crippen LogP contribution < -0.4 is 0 Å². The van der Waals surface area contributed by atoms with Crippen molar-refractivity contribution in [2.75, 3.05) is 0 Å². The summed E-state index contributed by atoms with van der Waals surface area (Å²) in [4.78, 5) is 0. The van der Waals surface area contributed by atoms with E-state index in [0.29, 0.717) is 5.92 Å². The molecular formula is C17H13N3. The van der Waals surface area contributed by atoms with Crippen molar-refractivity contribution in [2.24, 2.45) is 21.4 Å². The third-order valence-electron chi connectivity index (χ3n) is 3.78. The summed E-state index contributed by atoms with van der Waals surface area (Å²) in [7, 11) is 0.